The van der Waals surface area contributed by atoms with Gasteiger partial charge in [0.05, 0.1) is 11.4 Å². The number of nitrogens with zero attached hydrogens (tertiary/aromatic N) is 1. The van der Waals surface area contributed by atoms with Crippen molar-refractivity contribution in [2.24, 2.45) is 5.73 Å². The molecule has 0 unspecified atom stereocenters. The highest BCUT2D eigenvalue weighted by Crippen LogP contribution is 2.24. The molecule has 0 aliphatic carbocycles. The Morgan fingerprint density at radius 3 is 2.44 bits per heavy atom. The third kappa shape index (κ3) is 3.46. The van der Waals surface area contributed by atoms with Gasteiger partial charge >= 0.3 is 0 Å². The number of hydrogen-bond donors (Lipinski definition) is 1. The van der Waals surface area contributed by atoms with E-state index in [0.29, 0.717) is 19.5 Å². The van der Waals surface area contributed by atoms with Gasteiger partial charge in [0.15, 0.2) is 0 Å². The van der Waals surface area contributed by atoms with Crippen LogP contribution in [0.25, 0.3) is 0 Å². The Morgan fingerprint density at radius 2 is 1.94 bits per heavy atom. The highest BCUT2D eigenvalue weighted by Gasteiger charge is 2.21. The summed E-state index contributed by atoms with van der Waals surface area (Å²) in [7, 11) is -3.24. The van der Waals surface area contributed by atoms with Crippen molar-refractivity contribution in [2.75, 3.05) is 23.1 Å². The molecule has 0 atom stereocenters. The first-order valence-corrected chi connectivity index (χ1v) is 7.81. The standard InChI is InChI=1S/C13H22N2O2S/c1-4-18(16,17)15(9-5-8-14)13-7-6-11(2)10-12(13)3/h6-7,10H,4-5,8-9,14H2,1-3H3. The third-order valence-electron chi connectivity index (χ3n) is 2.89. The quantitative estimate of drug-likeness (QED) is 0.857. The average Bonchev–Trinajstić information content (AvgIpc) is 2.31. The van der Waals surface area contributed by atoms with Crippen LogP contribution in [-0.4, -0.2) is 27.3 Å². The van der Waals surface area contributed by atoms with Crippen LogP contribution in [0.5, 0.6) is 0 Å². The summed E-state index contributed by atoms with van der Waals surface area (Å²) in [6.07, 6.45) is 0.659. The second-order valence-corrected chi connectivity index (χ2v) is 6.59. The zero-order chi connectivity index (χ0) is 13.8. The fourth-order valence-corrected chi connectivity index (χ4v) is 3.11. The van der Waals surface area contributed by atoms with Gasteiger partial charge in [0.1, 0.15) is 0 Å². The van der Waals surface area contributed by atoms with Crippen LogP contribution in [0, 0.1) is 13.8 Å². The lowest BCUT2D eigenvalue weighted by Crippen LogP contribution is -2.34. The second-order valence-electron chi connectivity index (χ2n) is 4.40. The topological polar surface area (TPSA) is 63.4 Å². The van der Waals surface area contributed by atoms with Crippen LogP contribution >= 0.6 is 0 Å². The van der Waals surface area contributed by atoms with Crippen molar-refractivity contribution in [3.63, 3.8) is 0 Å². The van der Waals surface area contributed by atoms with Crippen LogP contribution in [0.2, 0.25) is 0 Å². The Morgan fingerprint density at radius 1 is 1.28 bits per heavy atom. The lowest BCUT2D eigenvalue weighted by molar-refractivity contribution is 0.590. The molecule has 5 heteroatoms. The largest absolute Gasteiger partial charge is 0.330 e. The molecule has 2 N–H and O–H groups in total. The van der Waals surface area contributed by atoms with Crippen molar-refractivity contribution in [1.29, 1.82) is 0 Å². The SMILES string of the molecule is CCS(=O)(=O)N(CCCN)c1ccc(C)cc1C. The van der Waals surface area contributed by atoms with E-state index >= 15 is 0 Å². The molecule has 0 aliphatic rings. The van der Waals surface area contributed by atoms with Crippen molar-refractivity contribution in [1.82, 2.24) is 0 Å². The maximum atomic E-state index is 12.1. The number of benzene rings is 1. The lowest BCUT2D eigenvalue weighted by Gasteiger charge is -2.25. The van der Waals surface area contributed by atoms with Gasteiger partial charge in [-0.25, -0.2) is 8.42 Å². The van der Waals surface area contributed by atoms with Crippen molar-refractivity contribution >= 4 is 15.7 Å². The molecule has 102 valence electrons. The Hall–Kier alpha value is -1.07. The highest BCUT2D eigenvalue weighted by atomic mass is 32.2. The van der Waals surface area contributed by atoms with Crippen molar-refractivity contribution in [3.8, 4) is 0 Å². The summed E-state index contributed by atoms with van der Waals surface area (Å²) in [5.74, 6) is 0.102. The molecule has 0 amide bonds. The molecule has 1 rings (SSSR count). The number of hydrogen-bond acceptors (Lipinski definition) is 3. The van der Waals surface area contributed by atoms with E-state index < -0.39 is 10.0 Å². The van der Waals surface area contributed by atoms with Crippen LogP contribution in [0.15, 0.2) is 18.2 Å². The van der Waals surface area contributed by atoms with Crippen LogP contribution in [-0.2, 0) is 10.0 Å². The van der Waals surface area contributed by atoms with E-state index in [9.17, 15) is 8.42 Å². The summed E-state index contributed by atoms with van der Waals surface area (Å²) in [5, 5.41) is 0. The van der Waals surface area contributed by atoms with Crippen molar-refractivity contribution in [3.05, 3.63) is 29.3 Å². The van der Waals surface area contributed by atoms with Gasteiger partial charge in [-0.05, 0) is 45.4 Å². The van der Waals surface area contributed by atoms with E-state index in [0.717, 1.165) is 16.8 Å². The Balaban J connectivity index is 3.17. The van der Waals surface area contributed by atoms with Gasteiger partial charge in [-0.15, -0.1) is 0 Å². The lowest BCUT2D eigenvalue weighted by atomic mass is 10.1. The van der Waals surface area contributed by atoms with Crippen LogP contribution in [0.3, 0.4) is 0 Å². The smallest absolute Gasteiger partial charge is 0.234 e. The molecule has 1 aromatic rings. The molecule has 0 aromatic heterocycles. The molecule has 0 bridgehead atoms. The third-order valence-corrected chi connectivity index (χ3v) is 4.67. The number of rotatable bonds is 6. The average molecular weight is 270 g/mol. The van der Waals surface area contributed by atoms with Gasteiger partial charge in [-0.3, -0.25) is 4.31 Å². The molecule has 1 aromatic carbocycles. The molecule has 0 fully saturated rings. The Labute approximate surface area is 110 Å². The van der Waals surface area contributed by atoms with E-state index in [2.05, 4.69) is 0 Å². The zero-order valence-corrected chi connectivity index (χ0v) is 12.1. The predicted molar refractivity (Wildman–Crippen MR) is 76.4 cm³/mol. The fourth-order valence-electron chi connectivity index (χ4n) is 1.89. The molecule has 4 nitrogen and oxygen atoms in total. The summed E-state index contributed by atoms with van der Waals surface area (Å²) < 4.78 is 25.7. The summed E-state index contributed by atoms with van der Waals surface area (Å²) in [4.78, 5) is 0. The van der Waals surface area contributed by atoms with Crippen LogP contribution in [0.4, 0.5) is 5.69 Å². The van der Waals surface area contributed by atoms with Crippen molar-refractivity contribution in [2.45, 2.75) is 27.2 Å². The first kappa shape index (κ1) is 15.0. The molecule has 18 heavy (non-hydrogen) atoms. The minimum Gasteiger partial charge on any atom is -0.330 e. The predicted octanol–water partition coefficient (Wildman–Crippen LogP) is 1.81. The molecule has 0 radical (unpaired) electrons. The molecular formula is C13H22N2O2S. The number of anilines is 1. The van der Waals surface area contributed by atoms with E-state index in [4.69, 9.17) is 5.73 Å². The van der Waals surface area contributed by atoms with E-state index in [1.807, 2.05) is 32.0 Å². The number of nitrogens with two attached hydrogens (primary N) is 1. The molecule has 0 saturated carbocycles. The number of sulfonamides is 1. The molecule has 0 heterocycles. The summed E-state index contributed by atoms with van der Waals surface area (Å²) >= 11 is 0. The highest BCUT2D eigenvalue weighted by molar-refractivity contribution is 7.92. The van der Waals surface area contributed by atoms with Crippen LogP contribution < -0.4 is 10.0 Å². The molecule has 0 spiro atoms. The fraction of sp³-hybridized carbons (Fsp3) is 0.538. The second kappa shape index (κ2) is 6.20. The first-order valence-electron chi connectivity index (χ1n) is 6.20. The maximum absolute atomic E-state index is 12.1. The first-order chi connectivity index (χ1) is 8.42. The molecule has 0 aliphatic heterocycles. The van der Waals surface area contributed by atoms with Gasteiger partial charge in [-0.2, -0.15) is 0 Å². The summed E-state index contributed by atoms with van der Waals surface area (Å²) in [6.45, 7) is 6.52. The van der Waals surface area contributed by atoms with Gasteiger partial charge in [-0.1, -0.05) is 17.7 Å². The minimum absolute atomic E-state index is 0.102. The van der Waals surface area contributed by atoms with Crippen LogP contribution in [0.1, 0.15) is 24.5 Å². The van der Waals surface area contributed by atoms with Gasteiger partial charge in [0.25, 0.3) is 0 Å². The zero-order valence-electron chi connectivity index (χ0n) is 11.3. The molecular weight excluding hydrogens is 248 g/mol. The normalized spacial score (nSPS) is 11.6. The Bertz CT molecular complexity index is 498. The monoisotopic (exact) mass is 270 g/mol. The molecule has 0 saturated heterocycles. The van der Waals surface area contributed by atoms with Gasteiger partial charge < -0.3 is 5.73 Å². The maximum Gasteiger partial charge on any atom is 0.234 e. The number of aryl methyl sites for hydroxylation is 2. The summed E-state index contributed by atoms with van der Waals surface area (Å²) in [5.41, 5.74) is 8.34. The Kier molecular flexibility index (Phi) is 5.16. The van der Waals surface area contributed by atoms with Gasteiger partial charge in [0.2, 0.25) is 10.0 Å². The van der Waals surface area contributed by atoms with E-state index in [-0.39, 0.29) is 5.75 Å². The van der Waals surface area contributed by atoms with Gasteiger partial charge in [0, 0.05) is 6.54 Å². The summed E-state index contributed by atoms with van der Waals surface area (Å²) in [6, 6.07) is 5.80. The van der Waals surface area contributed by atoms with E-state index in [1.54, 1.807) is 6.92 Å². The minimum atomic E-state index is -3.24. The van der Waals surface area contributed by atoms with E-state index in [1.165, 1.54) is 4.31 Å². The van der Waals surface area contributed by atoms with Crippen molar-refractivity contribution < 1.29 is 8.42 Å².